The molecular formula is C88H58B2N4O2. The van der Waals surface area contributed by atoms with Gasteiger partial charge in [-0.15, -0.1) is 0 Å². The summed E-state index contributed by atoms with van der Waals surface area (Å²) in [5.41, 5.74) is 9.50. The van der Waals surface area contributed by atoms with Gasteiger partial charge in [0, 0.05) is 72.0 Å². The number of ether oxygens (including phenoxy) is 1. The molecule has 96 heavy (non-hydrogen) atoms. The summed E-state index contributed by atoms with van der Waals surface area (Å²) in [6.45, 7) is 3.94. The Morgan fingerprint density at radius 2 is 0.969 bits per heavy atom. The van der Waals surface area contributed by atoms with Crippen molar-refractivity contribution in [2.24, 2.45) is 0 Å². The zero-order chi connectivity index (χ0) is 78.9. The predicted octanol–water partition coefficient (Wildman–Crippen LogP) is 19.1. The van der Waals surface area contributed by atoms with Crippen LogP contribution in [0.1, 0.15) is 51.0 Å². The molecule has 4 aliphatic rings. The Morgan fingerprint density at radius 1 is 0.385 bits per heavy atom. The Bertz CT molecular complexity index is 7190. The molecule has 0 fully saturated rings. The van der Waals surface area contributed by atoms with E-state index < -0.39 is 127 Å². The third-order valence-electron chi connectivity index (χ3n) is 19.9. The molecule has 0 atom stereocenters. The van der Waals surface area contributed by atoms with E-state index in [0.717, 1.165) is 37.8 Å². The highest BCUT2D eigenvalue weighted by Crippen LogP contribution is 2.55. The molecule has 0 unspecified atom stereocenters. The van der Waals surface area contributed by atoms with Crippen molar-refractivity contribution < 1.29 is 33.8 Å². The first-order valence-corrected chi connectivity index (χ1v) is 32.0. The molecule has 21 rings (SSSR count). The van der Waals surface area contributed by atoms with Crippen LogP contribution in [0, 0.1) is 0 Å². The van der Waals surface area contributed by atoms with Crippen LogP contribution < -0.4 is 47.3 Å². The van der Waals surface area contributed by atoms with Gasteiger partial charge in [0.15, 0.2) is 0 Å². The maximum atomic E-state index is 11.7. The summed E-state index contributed by atoms with van der Waals surface area (Å²) in [4.78, 5) is 4.13. The fourth-order valence-corrected chi connectivity index (χ4v) is 15.8. The molecule has 6 nitrogen and oxygen atoms in total. The van der Waals surface area contributed by atoms with Gasteiger partial charge in [-0.1, -0.05) is 245 Å². The number of rotatable bonds is 6. The molecule has 0 saturated heterocycles. The van der Waals surface area contributed by atoms with Crippen LogP contribution in [-0.2, 0) is 5.41 Å². The van der Waals surface area contributed by atoms with Crippen LogP contribution in [0.4, 0.5) is 34.1 Å². The van der Waals surface area contributed by atoms with E-state index in [1.165, 1.54) is 0 Å². The lowest BCUT2D eigenvalue weighted by Crippen LogP contribution is -2.64. The van der Waals surface area contributed by atoms with Gasteiger partial charge in [0.05, 0.1) is 63.7 Å². The topological polar surface area (TPSA) is 38.7 Å². The van der Waals surface area contributed by atoms with Crippen LogP contribution >= 0.6 is 0 Å². The fraction of sp³-hybridized carbons (Fsp3) is 0.0455. The number of nitrogens with zero attached hydrogens (tertiary/aromatic N) is 4. The second-order valence-corrected chi connectivity index (χ2v) is 26.0. The zero-order valence-corrected chi connectivity index (χ0v) is 51.7. The van der Waals surface area contributed by atoms with Gasteiger partial charge < -0.3 is 28.1 Å². The average molecular weight is 1240 g/mol. The van der Waals surface area contributed by atoms with Gasteiger partial charge in [0.2, 0.25) is 0 Å². The Morgan fingerprint density at radius 3 is 1.66 bits per heavy atom. The molecule has 0 aliphatic carbocycles. The molecular weight excluding hydrogens is 1170 g/mol. The van der Waals surface area contributed by atoms with Crippen molar-refractivity contribution in [1.29, 1.82) is 0 Å². The number of aromatic nitrogens is 2. The molecule has 17 aromatic rings. The van der Waals surface area contributed by atoms with Gasteiger partial charge in [-0.05, 0) is 139 Å². The maximum Gasteiger partial charge on any atom is 0.256 e. The lowest BCUT2D eigenvalue weighted by atomic mass is 9.31. The van der Waals surface area contributed by atoms with Crippen molar-refractivity contribution in [3.63, 3.8) is 0 Å². The number of benzene rings is 14. The first-order chi connectivity index (χ1) is 54.8. The van der Waals surface area contributed by atoms with Crippen LogP contribution in [0.15, 0.2) is 301 Å². The standard InChI is InChI=1S/C88H58B2N4O2/c1-88(2,3)57-49-75-82-76(50-57)94(84-59(54-26-9-5-10-27-54)34-21-35-60(84)55-28-11-6-12-29-55)74-51-58(91-70-38-17-13-30-61(70)62-31-14-18-39-71(62)91)45-47-66(74)89(82)69-52-77-83-87(86(69)93(75)73-41-23-43-79-81(73)65-33-16-20-42-78(65)95-79)96-80-48-56(53-24-7-4-8-25-53)44-46-67(80)90(83)68-37-22-36-64-63-32-15-19-40-72(63)92(77)85(64)68/h4-52H,1-3H3/i13D,14D,15D,17D,18D,19D,22D,30D,31D,32D,36D,37D,38D,39D,40D,45D,47D,51D. The van der Waals surface area contributed by atoms with Crippen LogP contribution in [0.5, 0.6) is 11.5 Å². The fourth-order valence-electron chi connectivity index (χ4n) is 15.8. The highest BCUT2D eigenvalue weighted by molar-refractivity contribution is 7.02. The highest BCUT2D eigenvalue weighted by Gasteiger charge is 2.51. The number of para-hydroxylation sites is 6. The quantitative estimate of drug-likeness (QED) is 0.156. The Hall–Kier alpha value is -12.0. The minimum absolute atomic E-state index is 0.00276. The molecule has 0 amide bonds. The van der Waals surface area contributed by atoms with Gasteiger partial charge in [0.25, 0.3) is 13.4 Å². The summed E-state index contributed by atoms with van der Waals surface area (Å²) in [6, 6.07) is 50.2. The first kappa shape index (κ1) is 38.9. The lowest BCUT2D eigenvalue weighted by molar-refractivity contribution is 0.489. The lowest BCUT2D eigenvalue weighted by Gasteiger charge is -2.47. The van der Waals surface area contributed by atoms with E-state index in [1.54, 1.807) is 4.57 Å². The molecule has 4 aliphatic heterocycles. The maximum absolute atomic E-state index is 11.7. The van der Waals surface area contributed by atoms with E-state index in [-0.39, 0.29) is 72.0 Å². The van der Waals surface area contributed by atoms with Crippen molar-refractivity contribution in [3.8, 4) is 56.3 Å². The second kappa shape index (κ2) is 19.8. The molecule has 3 aromatic heterocycles. The van der Waals surface area contributed by atoms with Gasteiger partial charge in [0.1, 0.15) is 22.7 Å². The summed E-state index contributed by atoms with van der Waals surface area (Å²) in [5, 5.41) is 0.830. The number of hydrogen-bond donors (Lipinski definition) is 0. The second-order valence-electron chi connectivity index (χ2n) is 26.0. The Labute approximate surface area is 581 Å². The van der Waals surface area contributed by atoms with Crippen LogP contribution in [0.2, 0.25) is 0 Å². The molecule has 0 bridgehead atoms. The molecule has 0 spiro atoms. The number of anilines is 6. The van der Waals surface area contributed by atoms with Crippen molar-refractivity contribution in [2.45, 2.75) is 26.2 Å². The van der Waals surface area contributed by atoms with Crippen LogP contribution in [-0.4, -0.2) is 22.6 Å². The normalized spacial score (nSPS) is 16.0. The molecule has 0 radical (unpaired) electrons. The zero-order valence-electron chi connectivity index (χ0n) is 69.7. The van der Waals surface area contributed by atoms with E-state index in [0.29, 0.717) is 89.4 Å². The van der Waals surface area contributed by atoms with E-state index in [4.69, 9.17) is 11.9 Å². The minimum Gasteiger partial charge on any atom is -0.456 e. The van der Waals surface area contributed by atoms with Gasteiger partial charge >= 0.3 is 0 Å². The first-order valence-electron chi connectivity index (χ1n) is 41.0. The van der Waals surface area contributed by atoms with E-state index >= 15 is 0 Å². The van der Waals surface area contributed by atoms with E-state index in [1.807, 2.05) is 181 Å². The molecule has 0 saturated carbocycles. The minimum atomic E-state index is -1.31. The van der Waals surface area contributed by atoms with Crippen molar-refractivity contribution >= 4 is 146 Å². The van der Waals surface area contributed by atoms with E-state index in [9.17, 15) is 21.9 Å². The van der Waals surface area contributed by atoms with Crippen LogP contribution in [0.3, 0.4) is 0 Å². The summed E-state index contributed by atoms with van der Waals surface area (Å²) in [6.07, 6.45) is 0. The van der Waals surface area contributed by atoms with Crippen molar-refractivity contribution in [3.05, 3.63) is 302 Å². The molecule has 8 heteroatoms. The van der Waals surface area contributed by atoms with Crippen LogP contribution in [0.25, 0.3) is 110 Å². The number of hydrogen-bond acceptors (Lipinski definition) is 4. The molecule has 448 valence electrons. The Balaban J connectivity index is 1.02. The summed E-state index contributed by atoms with van der Waals surface area (Å²) < 4.78 is 196. The third kappa shape index (κ3) is 7.38. The van der Waals surface area contributed by atoms with E-state index in [2.05, 4.69) is 37.8 Å². The SMILES string of the molecule is [2H]c1c([2H])c(-n2c3c([2H])c([2H])c([2H])c([2H])c3c3c([2H])c([2H])c([2H])c([2H])c32)c([2H])c2c1B1c3cc4c5c(c3N(c3cccc6oc7ccccc7c36)c3cc(C(C)(C)C)cc(c31)N2c1c(-c2ccccc2)cccc1-c1ccccc1)Oc1cc(-c2ccccc2)ccc1B5c1c([2H])c([2H])c([2H])c2c3c([2H])c([2H])c([2H])c([2H])c3n-4c12. The van der Waals surface area contributed by atoms with Gasteiger partial charge in [-0.25, -0.2) is 0 Å². The average Bonchev–Trinajstić information content (AvgIpc) is 1.42. The van der Waals surface area contributed by atoms with Crippen molar-refractivity contribution in [2.75, 3.05) is 9.80 Å². The number of fused-ring (bicyclic) bond motifs is 18. The number of furan rings is 1. The highest BCUT2D eigenvalue weighted by atomic mass is 16.5. The monoisotopic (exact) mass is 1240 g/mol. The summed E-state index contributed by atoms with van der Waals surface area (Å²) >= 11 is 0. The third-order valence-corrected chi connectivity index (χ3v) is 19.9. The Kier molecular flexibility index (Phi) is 8.01. The smallest absolute Gasteiger partial charge is 0.256 e. The van der Waals surface area contributed by atoms with Gasteiger partial charge in [-0.2, -0.15) is 0 Å². The predicted molar refractivity (Wildman–Crippen MR) is 403 cm³/mol. The molecule has 0 N–H and O–H groups in total. The summed E-state index contributed by atoms with van der Waals surface area (Å²) in [7, 11) is 0. The summed E-state index contributed by atoms with van der Waals surface area (Å²) in [5.74, 6) is 0.540. The molecule has 7 heterocycles. The van der Waals surface area contributed by atoms with Gasteiger partial charge in [-0.3, -0.25) is 0 Å². The molecule has 14 aromatic carbocycles. The van der Waals surface area contributed by atoms with Crippen molar-refractivity contribution in [1.82, 2.24) is 9.13 Å². The largest absolute Gasteiger partial charge is 0.456 e.